The van der Waals surface area contributed by atoms with Crippen LogP contribution < -0.4 is 9.64 Å². The fraction of sp³-hybridized carbons (Fsp3) is 0.436. The fourth-order valence-corrected chi connectivity index (χ4v) is 7.39. The molecule has 1 saturated carbocycles. The molecule has 0 amide bonds. The van der Waals surface area contributed by atoms with Crippen LogP contribution in [0.2, 0.25) is 5.02 Å². The Morgan fingerprint density at radius 3 is 2.53 bits per heavy atom. The first-order valence-corrected chi connectivity index (χ1v) is 17.5. The lowest BCUT2D eigenvalue weighted by molar-refractivity contribution is -0.00265. The van der Waals surface area contributed by atoms with E-state index in [4.69, 9.17) is 21.1 Å². The highest BCUT2D eigenvalue weighted by Crippen LogP contribution is 2.55. The maximum absolute atomic E-state index is 13.4. The van der Waals surface area contributed by atoms with Crippen LogP contribution in [-0.2, 0) is 4.74 Å². The number of piperazine rings is 1. The number of ether oxygens (including phenoxy) is 2. The predicted molar refractivity (Wildman–Crippen MR) is 190 cm³/mol. The smallest absolute Gasteiger partial charge is 0.342 e. The lowest BCUT2D eigenvalue weighted by Gasteiger charge is -2.47. The highest BCUT2D eigenvalue weighted by Gasteiger charge is 2.41. The van der Waals surface area contributed by atoms with E-state index < -0.39 is 5.60 Å². The molecule has 1 saturated heterocycles. The number of pyridine rings is 1. The number of allylic oxidation sites excluding steroid dienone is 1. The average Bonchev–Trinajstić information content (AvgIpc) is 3.53. The van der Waals surface area contributed by atoms with E-state index in [0.717, 1.165) is 54.5 Å². The van der Waals surface area contributed by atoms with Crippen molar-refractivity contribution in [1.82, 2.24) is 14.9 Å². The third kappa shape index (κ3) is 6.93. The highest BCUT2D eigenvalue weighted by molar-refractivity contribution is 6.30. The molecule has 0 atom stereocenters. The number of aromatic nitrogens is 2. The Balaban J connectivity index is 1.08. The molecule has 3 aliphatic rings. The number of halogens is 1. The SMILES string of the molecule is CCC(C)(C)OC(=O)c1ccc(N2CCN(CC3=C(c4ccc(Cl)cc4)CC4(CCC4)CC3)CC2)cc1Oc1cnc2[nH]ccc2c1. The number of nitrogens with one attached hydrogen (secondary N) is 1. The molecular formula is C39H45ClN4O3. The van der Waals surface area contributed by atoms with E-state index in [1.54, 1.807) is 17.3 Å². The second-order valence-electron chi connectivity index (χ2n) is 14.3. The van der Waals surface area contributed by atoms with E-state index in [1.807, 2.05) is 69.4 Å². The van der Waals surface area contributed by atoms with Crippen molar-refractivity contribution in [2.24, 2.45) is 5.41 Å². The molecule has 1 spiro atoms. The van der Waals surface area contributed by atoms with Gasteiger partial charge in [0.05, 0.1) is 6.20 Å². The highest BCUT2D eigenvalue weighted by atomic mass is 35.5. The summed E-state index contributed by atoms with van der Waals surface area (Å²) in [7, 11) is 0. The molecule has 7 nitrogen and oxygen atoms in total. The van der Waals surface area contributed by atoms with E-state index in [9.17, 15) is 4.79 Å². The molecule has 246 valence electrons. The number of benzene rings is 2. The summed E-state index contributed by atoms with van der Waals surface area (Å²) in [6, 6.07) is 18.2. The Labute approximate surface area is 282 Å². The average molecular weight is 653 g/mol. The zero-order valence-corrected chi connectivity index (χ0v) is 28.5. The number of hydrogen-bond donors (Lipinski definition) is 1. The van der Waals surface area contributed by atoms with Crippen LogP contribution in [0.25, 0.3) is 16.6 Å². The third-order valence-electron chi connectivity index (χ3n) is 10.7. The first kappa shape index (κ1) is 31.8. The number of carbonyl (C=O) groups is 1. The predicted octanol–water partition coefficient (Wildman–Crippen LogP) is 9.28. The summed E-state index contributed by atoms with van der Waals surface area (Å²) in [4.78, 5) is 26.0. The van der Waals surface area contributed by atoms with Crippen LogP contribution in [0.5, 0.6) is 11.5 Å². The number of H-pyrrole nitrogens is 1. The second kappa shape index (κ2) is 13.0. The van der Waals surface area contributed by atoms with Crippen LogP contribution in [0.4, 0.5) is 5.69 Å². The van der Waals surface area contributed by atoms with E-state index in [0.29, 0.717) is 28.9 Å². The van der Waals surface area contributed by atoms with E-state index in [1.165, 1.54) is 44.1 Å². The Hall–Kier alpha value is -3.81. The van der Waals surface area contributed by atoms with Gasteiger partial charge in [0.15, 0.2) is 0 Å². The number of carbonyl (C=O) groups excluding carboxylic acids is 1. The van der Waals surface area contributed by atoms with Gasteiger partial charge in [-0.2, -0.15) is 0 Å². The summed E-state index contributed by atoms with van der Waals surface area (Å²) >= 11 is 6.26. The van der Waals surface area contributed by atoms with Crippen LogP contribution in [0, 0.1) is 5.41 Å². The molecule has 2 aliphatic carbocycles. The van der Waals surface area contributed by atoms with E-state index in [-0.39, 0.29) is 5.97 Å². The minimum absolute atomic E-state index is 0.389. The van der Waals surface area contributed by atoms with Crippen LogP contribution in [0.3, 0.4) is 0 Å². The fourth-order valence-electron chi connectivity index (χ4n) is 7.27. The molecule has 1 aliphatic heterocycles. The maximum atomic E-state index is 13.4. The summed E-state index contributed by atoms with van der Waals surface area (Å²) in [6.07, 6.45) is 12.1. The molecule has 2 aromatic carbocycles. The van der Waals surface area contributed by atoms with E-state index >= 15 is 0 Å². The van der Waals surface area contributed by atoms with Crippen LogP contribution in [0.1, 0.15) is 81.6 Å². The van der Waals surface area contributed by atoms with Gasteiger partial charge in [-0.25, -0.2) is 9.78 Å². The Kier molecular flexibility index (Phi) is 8.79. The number of hydrogen-bond acceptors (Lipinski definition) is 6. The summed E-state index contributed by atoms with van der Waals surface area (Å²) < 4.78 is 12.3. The Morgan fingerprint density at radius 2 is 1.81 bits per heavy atom. The first-order valence-electron chi connectivity index (χ1n) is 17.1. The number of nitrogens with zero attached hydrogens (tertiary/aromatic N) is 3. The molecule has 8 heteroatoms. The van der Waals surface area contributed by atoms with Crippen molar-refractivity contribution in [2.45, 2.75) is 71.3 Å². The lowest BCUT2D eigenvalue weighted by Crippen LogP contribution is -2.47. The normalized spacial score (nSPS) is 18.4. The zero-order chi connectivity index (χ0) is 32.6. The van der Waals surface area contributed by atoms with Gasteiger partial charge in [0, 0.05) is 61.1 Å². The molecule has 0 radical (unpaired) electrons. The largest absolute Gasteiger partial charge is 0.456 e. The Bertz CT molecular complexity index is 1780. The van der Waals surface area contributed by atoms with Crippen molar-refractivity contribution in [2.75, 3.05) is 37.6 Å². The maximum Gasteiger partial charge on any atom is 0.342 e. The van der Waals surface area contributed by atoms with Gasteiger partial charge in [0.2, 0.25) is 0 Å². The quantitative estimate of drug-likeness (QED) is 0.182. The number of aromatic amines is 1. The van der Waals surface area contributed by atoms with Gasteiger partial charge in [0.25, 0.3) is 0 Å². The van der Waals surface area contributed by atoms with Gasteiger partial charge in [-0.15, -0.1) is 0 Å². The van der Waals surface area contributed by atoms with Crippen LogP contribution in [0.15, 0.2) is 72.6 Å². The van der Waals surface area contributed by atoms with Gasteiger partial charge in [-0.3, -0.25) is 4.90 Å². The molecule has 0 unspecified atom stereocenters. The molecule has 2 aromatic heterocycles. The Morgan fingerprint density at radius 1 is 1.02 bits per heavy atom. The van der Waals surface area contributed by atoms with E-state index in [2.05, 4.69) is 31.9 Å². The summed E-state index contributed by atoms with van der Waals surface area (Å²) in [5.74, 6) is 0.659. The number of esters is 1. The van der Waals surface area contributed by atoms with Crippen LogP contribution in [-0.4, -0.2) is 59.2 Å². The molecule has 3 heterocycles. The topological polar surface area (TPSA) is 70.7 Å². The number of rotatable bonds is 9. The molecular weight excluding hydrogens is 608 g/mol. The summed E-state index contributed by atoms with van der Waals surface area (Å²) in [5, 5.41) is 1.74. The summed E-state index contributed by atoms with van der Waals surface area (Å²) in [6.45, 7) is 10.6. The lowest BCUT2D eigenvalue weighted by atomic mass is 9.59. The molecule has 7 rings (SSSR count). The molecule has 1 N–H and O–H groups in total. The molecule has 4 aromatic rings. The molecule has 47 heavy (non-hydrogen) atoms. The minimum atomic E-state index is -0.575. The first-order chi connectivity index (χ1) is 22.7. The third-order valence-corrected chi connectivity index (χ3v) is 11.0. The van der Waals surface area contributed by atoms with Crippen molar-refractivity contribution in [1.29, 1.82) is 0 Å². The van der Waals surface area contributed by atoms with Gasteiger partial charge >= 0.3 is 5.97 Å². The van der Waals surface area contributed by atoms with Gasteiger partial charge < -0.3 is 19.4 Å². The van der Waals surface area contributed by atoms with Crippen molar-refractivity contribution in [3.05, 3.63) is 88.7 Å². The van der Waals surface area contributed by atoms with Crippen molar-refractivity contribution < 1.29 is 14.3 Å². The van der Waals surface area contributed by atoms with Crippen LogP contribution >= 0.6 is 11.6 Å². The summed E-state index contributed by atoms with van der Waals surface area (Å²) in [5.41, 5.74) is 6.67. The monoisotopic (exact) mass is 652 g/mol. The van der Waals surface area contributed by atoms with Crippen molar-refractivity contribution >= 4 is 39.9 Å². The van der Waals surface area contributed by atoms with Gasteiger partial charge in [-0.05, 0) is 105 Å². The zero-order valence-electron chi connectivity index (χ0n) is 27.8. The molecule has 0 bridgehead atoms. The molecule has 2 fully saturated rings. The van der Waals surface area contributed by atoms with Gasteiger partial charge in [-0.1, -0.05) is 42.7 Å². The van der Waals surface area contributed by atoms with Gasteiger partial charge in [0.1, 0.15) is 28.3 Å². The van der Waals surface area contributed by atoms with Crippen molar-refractivity contribution in [3.8, 4) is 11.5 Å². The second-order valence-corrected chi connectivity index (χ2v) is 14.7. The number of anilines is 1. The van der Waals surface area contributed by atoms with Crippen molar-refractivity contribution in [3.63, 3.8) is 0 Å². The standard InChI is InChI=1S/C39H45ClN4O3/c1-4-38(2,3)47-37(45)33-11-10-31(23-35(33)46-32-22-28-13-17-41-36(28)42-25-32)44-20-18-43(19-21-44)26-29-12-16-39(14-5-15-39)24-34(29)27-6-8-30(40)9-7-27/h6-11,13,17,22-23,25H,4-5,12,14-16,18-21,24,26H2,1-3H3,(H,41,42). The number of fused-ring (bicyclic) bond motifs is 1. The minimum Gasteiger partial charge on any atom is -0.456 e.